The van der Waals surface area contributed by atoms with Crippen molar-refractivity contribution in [1.29, 1.82) is 0 Å². The molecule has 0 aliphatic heterocycles. The Balaban J connectivity index is 2.01. The number of imidazole rings is 1. The number of thiazole rings is 1. The molecule has 0 unspecified atom stereocenters. The summed E-state index contributed by atoms with van der Waals surface area (Å²) < 4.78 is 2.75. The molecule has 0 atom stereocenters. The Morgan fingerprint density at radius 1 is 1.47 bits per heavy atom. The van der Waals surface area contributed by atoms with Crippen LogP contribution in [0.1, 0.15) is 10.7 Å². The van der Waals surface area contributed by atoms with Crippen molar-refractivity contribution in [2.75, 3.05) is 0 Å². The topological polar surface area (TPSA) is 63.3 Å². The number of hydrogen-bond donors (Lipinski definition) is 1. The second kappa shape index (κ2) is 4.37. The highest BCUT2D eigenvalue weighted by molar-refractivity contribution is 8.01. The second-order valence-electron chi connectivity index (χ2n) is 3.27. The van der Waals surface area contributed by atoms with Gasteiger partial charge in [0.25, 0.3) is 0 Å². The van der Waals surface area contributed by atoms with E-state index in [2.05, 4.69) is 15.2 Å². The van der Waals surface area contributed by atoms with E-state index in [0.29, 0.717) is 0 Å². The van der Waals surface area contributed by atoms with E-state index in [1.807, 2.05) is 22.9 Å². The summed E-state index contributed by atoms with van der Waals surface area (Å²) in [5, 5.41) is 21.1. The van der Waals surface area contributed by atoms with Crippen LogP contribution in [0.15, 0.2) is 20.9 Å². The summed E-state index contributed by atoms with van der Waals surface area (Å²) >= 11 is 4.53. The van der Waals surface area contributed by atoms with Crippen LogP contribution < -0.4 is 0 Å². The molecule has 3 aromatic rings. The van der Waals surface area contributed by atoms with Gasteiger partial charge in [0.1, 0.15) is 10.0 Å². The highest BCUT2D eigenvalue weighted by atomic mass is 32.2. The zero-order valence-electron chi connectivity index (χ0n) is 8.82. The van der Waals surface area contributed by atoms with E-state index in [0.717, 1.165) is 25.0 Å². The molecule has 0 fully saturated rings. The first-order valence-electron chi connectivity index (χ1n) is 4.81. The molecule has 0 aliphatic carbocycles. The van der Waals surface area contributed by atoms with Crippen LogP contribution in [0.5, 0.6) is 0 Å². The normalized spacial score (nSPS) is 11.4. The molecule has 0 aromatic carbocycles. The number of aliphatic hydroxyl groups is 1. The molecule has 0 saturated carbocycles. The molecule has 0 radical (unpaired) electrons. The smallest absolute Gasteiger partial charge is 0.195 e. The molecule has 0 aliphatic rings. The summed E-state index contributed by atoms with van der Waals surface area (Å²) in [7, 11) is 0. The van der Waals surface area contributed by atoms with Crippen LogP contribution in [0, 0.1) is 6.92 Å². The maximum absolute atomic E-state index is 9.40. The molecule has 8 heteroatoms. The first kappa shape index (κ1) is 11.1. The summed E-state index contributed by atoms with van der Waals surface area (Å²) in [5.74, 6) is 0. The van der Waals surface area contributed by atoms with Gasteiger partial charge in [-0.3, -0.25) is 4.40 Å². The van der Waals surface area contributed by atoms with Gasteiger partial charge in [-0.1, -0.05) is 11.3 Å². The number of aromatic nitrogens is 4. The van der Waals surface area contributed by atoms with Gasteiger partial charge in [0, 0.05) is 11.6 Å². The third-order valence-corrected chi connectivity index (χ3v) is 4.83. The molecule has 3 heterocycles. The van der Waals surface area contributed by atoms with Crippen molar-refractivity contribution in [3.63, 3.8) is 0 Å². The van der Waals surface area contributed by atoms with Gasteiger partial charge in [0.05, 0.1) is 12.3 Å². The Morgan fingerprint density at radius 3 is 3.06 bits per heavy atom. The van der Waals surface area contributed by atoms with Crippen molar-refractivity contribution in [1.82, 2.24) is 19.6 Å². The highest BCUT2D eigenvalue weighted by Gasteiger charge is 2.15. The predicted octanol–water partition coefficient (Wildman–Crippen LogP) is 2.20. The molecule has 0 amide bonds. The van der Waals surface area contributed by atoms with Gasteiger partial charge >= 0.3 is 0 Å². The molecule has 0 bridgehead atoms. The monoisotopic (exact) mass is 284 g/mol. The van der Waals surface area contributed by atoms with Crippen LogP contribution in [0.4, 0.5) is 0 Å². The number of nitrogens with zero attached hydrogens (tertiary/aromatic N) is 4. The minimum absolute atomic E-state index is 0.0297. The second-order valence-corrected chi connectivity index (χ2v) is 6.56. The van der Waals surface area contributed by atoms with Crippen LogP contribution >= 0.6 is 34.4 Å². The number of rotatable bonds is 3. The third-order valence-electron chi connectivity index (χ3n) is 2.17. The lowest BCUT2D eigenvalue weighted by atomic mass is 10.5. The maximum atomic E-state index is 9.40. The average Bonchev–Trinajstić information content (AvgIpc) is 2.95. The molecule has 3 rings (SSSR count). The Morgan fingerprint density at radius 2 is 2.35 bits per heavy atom. The standard InChI is InChI=1S/C9H8N4OS3/c1-5-11-12-9(16-5)17-7-6(4-14)13-2-3-15-8(13)10-7/h2-3,14H,4H2,1H3. The average molecular weight is 284 g/mol. The van der Waals surface area contributed by atoms with E-state index >= 15 is 0 Å². The summed E-state index contributed by atoms with van der Waals surface area (Å²) in [6, 6.07) is 0. The van der Waals surface area contributed by atoms with Crippen LogP contribution in [0.2, 0.25) is 0 Å². The summed E-state index contributed by atoms with van der Waals surface area (Å²) in [4.78, 5) is 5.36. The molecule has 17 heavy (non-hydrogen) atoms. The van der Waals surface area contributed by atoms with Gasteiger partial charge in [-0.15, -0.1) is 21.5 Å². The summed E-state index contributed by atoms with van der Waals surface area (Å²) in [6.45, 7) is 1.89. The third kappa shape index (κ3) is 1.97. The molecule has 1 N–H and O–H groups in total. The lowest BCUT2D eigenvalue weighted by Crippen LogP contribution is -1.90. The molecule has 0 spiro atoms. The minimum atomic E-state index is -0.0297. The van der Waals surface area contributed by atoms with Crippen LogP contribution in [-0.2, 0) is 6.61 Å². The lowest BCUT2D eigenvalue weighted by molar-refractivity contribution is 0.272. The molecule has 3 aromatic heterocycles. The van der Waals surface area contributed by atoms with Crippen molar-refractivity contribution in [3.05, 3.63) is 22.3 Å². The highest BCUT2D eigenvalue weighted by Crippen LogP contribution is 2.33. The van der Waals surface area contributed by atoms with Gasteiger partial charge in [0.2, 0.25) is 0 Å². The van der Waals surface area contributed by atoms with Gasteiger partial charge in [-0.05, 0) is 18.7 Å². The van der Waals surface area contributed by atoms with Crippen molar-refractivity contribution in [3.8, 4) is 0 Å². The Kier molecular flexibility index (Phi) is 2.87. The van der Waals surface area contributed by atoms with Crippen molar-refractivity contribution >= 4 is 39.4 Å². The molecule has 88 valence electrons. The molecular weight excluding hydrogens is 276 g/mol. The number of aliphatic hydroxyl groups excluding tert-OH is 1. The maximum Gasteiger partial charge on any atom is 0.195 e. The minimum Gasteiger partial charge on any atom is -0.390 e. The quantitative estimate of drug-likeness (QED) is 0.799. The Bertz CT molecular complexity index is 656. The number of aryl methyl sites for hydroxylation is 1. The van der Waals surface area contributed by atoms with Crippen molar-refractivity contribution in [2.24, 2.45) is 0 Å². The van der Waals surface area contributed by atoms with E-state index in [-0.39, 0.29) is 6.61 Å². The van der Waals surface area contributed by atoms with E-state index < -0.39 is 0 Å². The van der Waals surface area contributed by atoms with Crippen molar-refractivity contribution < 1.29 is 5.11 Å². The number of fused-ring (bicyclic) bond motifs is 1. The predicted molar refractivity (Wildman–Crippen MR) is 67.8 cm³/mol. The van der Waals surface area contributed by atoms with Gasteiger partial charge in [-0.25, -0.2) is 4.98 Å². The van der Waals surface area contributed by atoms with Crippen molar-refractivity contribution in [2.45, 2.75) is 22.9 Å². The summed E-state index contributed by atoms with van der Waals surface area (Å²) in [5.41, 5.74) is 0.805. The fraction of sp³-hybridized carbons (Fsp3) is 0.222. The van der Waals surface area contributed by atoms with Crippen LogP contribution in [0.3, 0.4) is 0 Å². The fourth-order valence-electron chi connectivity index (χ4n) is 1.44. The Hall–Kier alpha value is -0.960. The Labute approximate surface area is 109 Å². The van der Waals surface area contributed by atoms with E-state index in [4.69, 9.17) is 0 Å². The van der Waals surface area contributed by atoms with Gasteiger partial charge in [-0.2, -0.15) is 0 Å². The van der Waals surface area contributed by atoms with E-state index in [1.165, 1.54) is 23.1 Å². The van der Waals surface area contributed by atoms with Gasteiger partial charge < -0.3 is 5.11 Å². The molecular formula is C9H8N4OS3. The van der Waals surface area contributed by atoms with E-state index in [1.54, 1.807) is 11.3 Å². The first-order valence-corrected chi connectivity index (χ1v) is 7.32. The SMILES string of the molecule is Cc1nnc(Sc2nc3sccn3c2CO)s1. The van der Waals surface area contributed by atoms with Crippen LogP contribution in [-0.4, -0.2) is 24.7 Å². The zero-order valence-corrected chi connectivity index (χ0v) is 11.3. The lowest BCUT2D eigenvalue weighted by Gasteiger charge is -1.96. The molecule has 5 nitrogen and oxygen atoms in total. The molecule has 0 saturated heterocycles. The first-order chi connectivity index (χ1) is 8.28. The number of hydrogen-bond acceptors (Lipinski definition) is 7. The van der Waals surface area contributed by atoms with E-state index in [9.17, 15) is 5.11 Å². The zero-order chi connectivity index (χ0) is 11.8. The van der Waals surface area contributed by atoms with Gasteiger partial charge in [0.15, 0.2) is 9.30 Å². The summed E-state index contributed by atoms with van der Waals surface area (Å²) in [6.07, 6.45) is 1.91. The largest absolute Gasteiger partial charge is 0.390 e. The fourth-order valence-corrected chi connectivity index (χ4v) is 4.07. The van der Waals surface area contributed by atoms with Crippen LogP contribution in [0.25, 0.3) is 4.96 Å².